The Morgan fingerprint density at radius 1 is 1.10 bits per heavy atom. The van der Waals surface area contributed by atoms with E-state index in [0.717, 1.165) is 32.1 Å². The van der Waals surface area contributed by atoms with E-state index in [-0.39, 0.29) is 0 Å². The summed E-state index contributed by atoms with van der Waals surface area (Å²) in [6.45, 7) is 1.70. The Labute approximate surface area is 120 Å². The molecule has 1 aliphatic rings. The van der Waals surface area contributed by atoms with Crippen molar-refractivity contribution < 1.29 is 25.2 Å². The Balaban J connectivity index is 2.62. The van der Waals surface area contributed by atoms with Gasteiger partial charge in [0, 0.05) is 6.42 Å². The summed E-state index contributed by atoms with van der Waals surface area (Å²) >= 11 is 0. The van der Waals surface area contributed by atoms with E-state index in [4.69, 9.17) is 4.74 Å². The average Bonchev–Trinajstić information content (AvgIpc) is 2.43. The molecule has 0 bridgehead atoms. The van der Waals surface area contributed by atoms with E-state index in [0.29, 0.717) is 6.42 Å². The highest BCUT2D eigenvalue weighted by molar-refractivity contribution is 4.99. The van der Waals surface area contributed by atoms with Crippen LogP contribution in [0.1, 0.15) is 45.4 Å². The molecule has 5 atom stereocenters. The molecule has 1 rings (SSSR count). The zero-order valence-electron chi connectivity index (χ0n) is 12.5. The fraction of sp³-hybridized carbons (Fsp3) is 1.00. The maximum absolute atomic E-state index is 10.6. The van der Waals surface area contributed by atoms with E-state index < -0.39 is 36.7 Å². The molecule has 20 heavy (non-hydrogen) atoms. The maximum atomic E-state index is 10.6. The van der Waals surface area contributed by atoms with Gasteiger partial charge in [-0.2, -0.15) is 0 Å². The lowest BCUT2D eigenvalue weighted by Gasteiger charge is -2.47. The van der Waals surface area contributed by atoms with Gasteiger partial charge in [0.2, 0.25) is 0 Å². The Morgan fingerprint density at radius 3 is 2.30 bits per heavy atom. The van der Waals surface area contributed by atoms with Gasteiger partial charge in [-0.15, -0.1) is 0 Å². The van der Waals surface area contributed by atoms with Crippen LogP contribution in [0.5, 0.6) is 0 Å². The summed E-state index contributed by atoms with van der Waals surface area (Å²) in [5.41, 5.74) is 0. The molecular formula is C14H29NO5. The van der Waals surface area contributed by atoms with Crippen molar-refractivity contribution in [3.8, 4) is 0 Å². The Bertz CT molecular complexity index is 278. The monoisotopic (exact) mass is 291 g/mol. The van der Waals surface area contributed by atoms with Crippen LogP contribution in [0.25, 0.3) is 0 Å². The van der Waals surface area contributed by atoms with E-state index in [9.17, 15) is 20.4 Å². The quantitative estimate of drug-likeness (QED) is 0.395. The number of likely N-dealkylation sites (N-methyl/N-ethyl adjacent to an activating group) is 1. The molecule has 0 aromatic carbocycles. The van der Waals surface area contributed by atoms with E-state index >= 15 is 0 Å². The fourth-order valence-electron chi connectivity index (χ4n) is 2.83. The Morgan fingerprint density at radius 2 is 1.75 bits per heavy atom. The smallest absolute Gasteiger partial charge is 0.184 e. The van der Waals surface area contributed by atoms with Crippen LogP contribution in [0.2, 0.25) is 0 Å². The SMILES string of the molecule is CCCCCCCC1(O)O[C@H](CO)[C@@H](O)[C@H](O)[C@H]1NC. The van der Waals surface area contributed by atoms with Gasteiger partial charge in [-0.05, 0) is 13.5 Å². The second-order valence-corrected chi connectivity index (χ2v) is 5.60. The predicted octanol–water partition coefficient (Wildman–Crippen LogP) is -0.264. The lowest BCUT2D eigenvalue weighted by Crippen LogP contribution is -2.69. The van der Waals surface area contributed by atoms with Crippen molar-refractivity contribution in [1.82, 2.24) is 5.32 Å². The maximum Gasteiger partial charge on any atom is 0.184 e. The highest BCUT2D eigenvalue weighted by atomic mass is 16.6. The lowest BCUT2D eigenvalue weighted by atomic mass is 9.87. The van der Waals surface area contributed by atoms with Crippen molar-refractivity contribution in [2.24, 2.45) is 0 Å². The first-order chi connectivity index (χ1) is 9.50. The van der Waals surface area contributed by atoms with Gasteiger partial charge >= 0.3 is 0 Å². The molecule has 0 aromatic heterocycles. The van der Waals surface area contributed by atoms with E-state index in [1.165, 1.54) is 0 Å². The van der Waals surface area contributed by atoms with Gasteiger partial charge in [-0.25, -0.2) is 0 Å². The molecule has 1 fully saturated rings. The zero-order valence-corrected chi connectivity index (χ0v) is 12.5. The average molecular weight is 291 g/mol. The van der Waals surface area contributed by atoms with Gasteiger partial charge in [0.25, 0.3) is 0 Å². The van der Waals surface area contributed by atoms with Gasteiger partial charge in [0.05, 0.1) is 12.6 Å². The van der Waals surface area contributed by atoms with Gasteiger partial charge in [0.15, 0.2) is 5.79 Å². The molecule has 1 aliphatic heterocycles. The van der Waals surface area contributed by atoms with Crippen LogP contribution in [0.4, 0.5) is 0 Å². The molecule has 0 aromatic rings. The number of unbranched alkanes of at least 4 members (excludes halogenated alkanes) is 4. The summed E-state index contributed by atoms with van der Waals surface area (Å²) in [6.07, 6.45) is 2.19. The standard InChI is InChI=1S/C14H29NO5/c1-3-4-5-6-7-8-14(19)13(15-2)12(18)11(17)10(9-16)20-14/h10-13,15-19H,3-9H2,1-2H3/t10-,11-,12+,13-,14?/m1/s1. The molecular weight excluding hydrogens is 262 g/mol. The number of hydrogen-bond donors (Lipinski definition) is 5. The number of nitrogens with one attached hydrogen (secondary N) is 1. The highest BCUT2D eigenvalue weighted by Crippen LogP contribution is 2.32. The van der Waals surface area contributed by atoms with Crippen molar-refractivity contribution in [1.29, 1.82) is 0 Å². The molecule has 1 saturated heterocycles. The summed E-state index contributed by atoms with van der Waals surface area (Å²) in [7, 11) is 1.60. The topological polar surface area (TPSA) is 102 Å². The molecule has 6 heteroatoms. The predicted molar refractivity (Wildman–Crippen MR) is 75.1 cm³/mol. The highest BCUT2D eigenvalue weighted by Gasteiger charge is 2.51. The van der Waals surface area contributed by atoms with Crippen LogP contribution >= 0.6 is 0 Å². The minimum absolute atomic E-state index is 0.364. The number of ether oxygens (including phenoxy) is 1. The second kappa shape index (κ2) is 8.26. The third kappa shape index (κ3) is 4.13. The third-order valence-electron chi connectivity index (χ3n) is 4.04. The summed E-state index contributed by atoms with van der Waals surface area (Å²) in [5.74, 6) is -1.56. The largest absolute Gasteiger partial charge is 0.394 e. The van der Waals surface area contributed by atoms with Crippen molar-refractivity contribution in [2.45, 2.75) is 75.6 Å². The Hall–Kier alpha value is -0.240. The summed E-state index contributed by atoms with van der Waals surface area (Å²) in [4.78, 5) is 0. The zero-order chi connectivity index (χ0) is 15.2. The molecule has 0 saturated carbocycles. The molecule has 5 N–H and O–H groups in total. The molecule has 0 spiro atoms. The molecule has 1 heterocycles. The number of aliphatic hydroxyl groups excluding tert-OH is 3. The van der Waals surface area contributed by atoms with Crippen molar-refractivity contribution in [2.75, 3.05) is 13.7 Å². The first kappa shape index (κ1) is 17.8. The number of hydrogen-bond acceptors (Lipinski definition) is 6. The summed E-state index contributed by atoms with van der Waals surface area (Å²) in [5, 5.41) is 42.5. The van der Waals surface area contributed by atoms with Gasteiger partial charge < -0.3 is 30.5 Å². The van der Waals surface area contributed by atoms with Crippen LogP contribution in [-0.4, -0.2) is 64.2 Å². The van der Waals surface area contributed by atoms with Gasteiger partial charge in [-0.1, -0.05) is 32.6 Å². The minimum Gasteiger partial charge on any atom is -0.394 e. The van der Waals surface area contributed by atoms with E-state index in [2.05, 4.69) is 12.2 Å². The van der Waals surface area contributed by atoms with Crippen LogP contribution in [0.15, 0.2) is 0 Å². The summed E-state index contributed by atoms with van der Waals surface area (Å²) in [6, 6.07) is -0.772. The van der Waals surface area contributed by atoms with Crippen LogP contribution in [-0.2, 0) is 4.74 Å². The lowest BCUT2D eigenvalue weighted by molar-refractivity contribution is -0.321. The van der Waals surface area contributed by atoms with E-state index in [1.54, 1.807) is 7.05 Å². The molecule has 120 valence electrons. The normalized spacial score (nSPS) is 38.1. The van der Waals surface area contributed by atoms with Gasteiger partial charge in [0.1, 0.15) is 18.3 Å². The van der Waals surface area contributed by atoms with Crippen LogP contribution in [0.3, 0.4) is 0 Å². The fourth-order valence-corrected chi connectivity index (χ4v) is 2.83. The third-order valence-corrected chi connectivity index (χ3v) is 4.04. The van der Waals surface area contributed by atoms with Gasteiger partial charge in [-0.3, -0.25) is 0 Å². The molecule has 1 unspecified atom stereocenters. The van der Waals surface area contributed by atoms with Crippen molar-refractivity contribution >= 4 is 0 Å². The molecule has 0 aliphatic carbocycles. The molecule has 6 nitrogen and oxygen atoms in total. The van der Waals surface area contributed by atoms with Crippen molar-refractivity contribution in [3.05, 3.63) is 0 Å². The first-order valence-electron chi connectivity index (χ1n) is 7.54. The molecule has 0 amide bonds. The van der Waals surface area contributed by atoms with Crippen molar-refractivity contribution in [3.63, 3.8) is 0 Å². The minimum atomic E-state index is -1.56. The molecule has 0 radical (unpaired) electrons. The Kier molecular flexibility index (Phi) is 7.36. The van der Waals surface area contributed by atoms with Crippen LogP contribution < -0.4 is 5.32 Å². The second-order valence-electron chi connectivity index (χ2n) is 5.60. The van der Waals surface area contributed by atoms with E-state index in [1.807, 2.05) is 0 Å². The van der Waals surface area contributed by atoms with Crippen LogP contribution in [0, 0.1) is 0 Å². The number of rotatable bonds is 8. The number of aliphatic hydroxyl groups is 4. The summed E-state index contributed by atoms with van der Waals surface area (Å²) < 4.78 is 5.45. The first-order valence-corrected chi connectivity index (χ1v) is 7.54.